The molecule has 2 unspecified atom stereocenters. The van der Waals surface area contributed by atoms with Crippen LogP contribution in [0.1, 0.15) is 77.2 Å². The summed E-state index contributed by atoms with van der Waals surface area (Å²) in [5.41, 5.74) is 1.46. The van der Waals surface area contributed by atoms with Crippen LogP contribution in [0.25, 0.3) is 0 Å². The molecule has 0 aliphatic carbocycles. The molecule has 0 N–H and O–H groups in total. The third-order valence-electron chi connectivity index (χ3n) is 4.24. The molecule has 0 aliphatic heterocycles. The number of hydrogen-bond acceptors (Lipinski definition) is 1. The van der Waals surface area contributed by atoms with Crippen LogP contribution in [0.5, 0.6) is 0 Å². The van der Waals surface area contributed by atoms with Gasteiger partial charge in [0.2, 0.25) is 0 Å². The van der Waals surface area contributed by atoms with E-state index in [0.717, 1.165) is 10.8 Å². The van der Waals surface area contributed by atoms with Crippen LogP contribution in [0, 0.1) is 5.92 Å². The van der Waals surface area contributed by atoms with Crippen molar-refractivity contribution in [1.29, 1.82) is 0 Å². The Balaban J connectivity index is 2.10. The fourth-order valence-corrected chi connectivity index (χ4v) is 2.62. The molecule has 0 spiro atoms. The first-order chi connectivity index (χ1) is 9.13. The second kappa shape index (κ2) is 9.47. The van der Waals surface area contributed by atoms with Crippen LogP contribution in [-0.2, 0) is 0 Å². The van der Waals surface area contributed by atoms with Crippen molar-refractivity contribution in [2.75, 3.05) is 0 Å². The van der Waals surface area contributed by atoms with Gasteiger partial charge in [-0.3, -0.25) is 0 Å². The van der Waals surface area contributed by atoms with Crippen molar-refractivity contribution in [3.8, 4) is 0 Å². The molecule has 0 heterocycles. The van der Waals surface area contributed by atoms with Gasteiger partial charge in [0, 0.05) is 4.90 Å². The minimum atomic E-state index is 0.684. The van der Waals surface area contributed by atoms with Gasteiger partial charge in [0.05, 0.1) is 0 Å². The minimum Gasteiger partial charge on any atom is -0.143 e. The van der Waals surface area contributed by atoms with Gasteiger partial charge in [0.25, 0.3) is 0 Å². The summed E-state index contributed by atoms with van der Waals surface area (Å²) < 4.78 is 0. The molecule has 0 saturated heterocycles. The molecule has 19 heavy (non-hydrogen) atoms. The largest absolute Gasteiger partial charge is 0.143 e. The van der Waals surface area contributed by atoms with E-state index in [4.69, 9.17) is 0 Å². The Bertz CT molecular complexity index is 328. The van der Waals surface area contributed by atoms with E-state index in [-0.39, 0.29) is 0 Å². The maximum atomic E-state index is 4.33. The van der Waals surface area contributed by atoms with Crippen molar-refractivity contribution in [3.63, 3.8) is 0 Å². The molecule has 0 amide bonds. The van der Waals surface area contributed by atoms with Gasteiger partial charge in [-0.15, -0.1) is 12.6 Å². The van der Waals surface area contributed by atoms with Crippen molar-refractivity contribution >= 4 is 12.6 Å². The first-order valence-corrected chi connectivity index (χ1v) is 8.37. The van der Waals surface area contributed by atoms with Gasteiger partial charge in [-0.05, 0) is 36.0 Å². The van der Waals surface area contributed by atoms with Crippen molar-refractivity contribution in [3.05, 3.63) is 29.8 Å². The van der Waals surface area contributed by atoms with E-state index in [2.05, 4.69) is 57.7 Å². The van der Waals surface area contributed by atoms with Gasteiger partial charge >= 0.3 is 0 Å². The van der Waals surface area contributed by atoms with E-state index in [9.17, 15) is 0 Å². The highest BCUT2D eigenvalue weighted by atomic mass is 32.1. The molecular weight excluding hydrogens is 248 g/mol. The van der Waals surface area contributed by atoms with Gasteiger partial charge in [0.1, 0.15) is 0 Å². The lowest BCUT2D eigenvalue weighted by Crippen LogP contribution is -1.94. The normalized spacial score (nSPS) is 14.3. The average Bonchev–Trinajstić information content (AvgIpc) is 2.42. The zero-order valence-electron chi connectivity index (χ0n) is 12.9. The molecule has 1 aromatic rings. The Morgan fingerprint density at radius 3 is 2.05 bits per heavy atom. The smallest absolute Gasteiger partial charge is 0.00401 e. The third kappa shape index (κ3) is 7.06. The Labute approximate surface area is 125 Å². The van der Waals surface area contributed by atoms with E-state index in [0.29, 0.717) is 5.92 Å². The van der Waals surface area contributed by atoms with E-state index < -0.39 is 0 Å². The lowest BCUT2D eigenvalue weighted by molar-refractivity contribution is 0.468. The predicted molar refractivity (Wildman–Crippen MR) is 89.3 cm³/mol. The molecule has 1 rings (SSSR count). The fourth-order valence-electron chi connectivity index (χ4n) is 2.47. The summed E-state index contributed by atoms with van der Waals surface area (Å²) >= 11 is 4.33. The Morgan fingerprint density at radius 2 is 1.47 bits per heavy atom. The van der Waals surface area contributed by atoms with Crippen LogP contribution in [0.15, 0.2) is 29.2 Å². The van der Waals surface area contributed by atoms with Crippen LogP contribution in [-0.4, -0.2) is 0 Å². The van der Waals surface area contributed by atoms with Crippen molar-refractivity contribution in [1.82, 2.24) is 0 Å². The van der Waals surface area contributed by atoms with Gasteiger partial charge in [-0.2, -0.15) is 0 Å². The molecule has 0 aromatic heterocycles. The molecule has 1 aromatic carbocycles. The highest BCUT2D eigenvalue weighted by Gasteiger charge is 2.05. The quantitative estimate of drug-likeness (QED) is 0.388. The molecule has 0 nitrogen and oxygen atoms in total. The van der Waals surface area contributed by atoms with Crippen LogP contribution >= 0.6 is 12.6 Å². The van der Waals surface area contributed by atoms with Crippen LogP contribution in [0.3, 0.4) is 0 Å². The molecule has 1 heteroatoms. The Morgan fingerprint density at radius 1 is 0.895 bits per heavy atom. The molecule has 0 aliphatic rings. The number of thiol groups is 1. The lowest BCUT2D eigenvalue weighted by atomic mass is 9.94. The van der Waals surface area contributed by atoms with E-state index >= 15 is 0 Å². The van der Waals surface area contributed by atoms with Gasteiger partial charge in [-0.25, -0.2) is 0 Å². The molecule has 0 saturated carbocycles. The molecular formula is C18H30S. The highest BCUT2D eigenvalue weighted by molar-refractivity contribution is 7.80. The second-order valence-electron chi connectivity index (χ2n) is 6.00. The average molecular weight is 279 g/mol. The Kier molecular flexibility index (Phi) is 8.29. The van der Waals surface area contributed by atoms with Crippen molar-refractivity contribution in [2.24, 2.45) is 5.92 Å². The number of hydrogen-bond donors (Lipinski definition) is 1. The summed E-state index contributed by atoms with van der Waals surface area (Å²) in [4.78, 5) is 1.06. The maximum Gasteiger partial charge on any atom is 0.00401 e. The predicted octanol–water partition coefficient (Wildman–Crippen LogP) is 6.47. The topological polar surface area (TPSA) is 0 Å². The number of unbranched alkanes of at least 4 members (excludes halogenated alkanes) is 3. The van der Waals surface area contributed by atoms with E-state index in [1.165, 1.54) is 50.5 Å². The van der Waals surface area contributed by atoms with Crippen molar-refractivity contribution in [2.45, 2.75) is 76.5 Å². The first-order valence-electron chi connectivity index (χ1n) is 7.92. The molecule has 108 valence electrons. The van der Waals surface area contributed by atoms with Crippen LogP contribution < -0.4 is 0 Å². The van der Waals surface area contributed by atoms with E-state index in [1.807, 2.05) is 0 Å². The maximum absolute atomic E-state index is 4.33. The molecule has 0 radical (unpaired) electrons. The summed E-state index contributed by atoms with van der Waals surface area (Å²) in [5, 5.41) is 0. The summed E-state index contributed by atoms with van der Waals surface area (Å²) in [6.07, 6.45) is 9.64. The zero-order valence-corrected chi connectivity index (χ0v) is 13.8. The zero-order chi connectivity index (χ0) is 14.1. The van der Waals surface area contributed by atoms with Crippen LogP contribution in [0.4, 0.5) is 0 Å². The fraction of sp³-hybridized carbons (Fsp3) is 0.667. The standard InChI is InChI=1S/C18H30S/c1-4-15(2)9-7-5-6-8-10-16(3)17-11-13-18(19)14-12-17/h11-16,19H,4-10H2,1-3H3. The summed E-state index contributed by atoms with van der Waals surface area (Å²) in [6, 6.07) is 8.63. The van der Waals surface area contributed by atoms with Crippen molar-refractivity contribution < 1.29 is 0 Å². The SMILES string of the molecule is CCC(C)CCCCCCC(C)c1ccc(S)cc1. The summed E-state index contributed by atoms with van der Waals surface area (Å²) in [7, 11) is 0. The number of benzene rings is 1. The molecule has 0 fully saturated rings. The lowest BCUT2D eigenvalue weighted by Gasteiger charge is -2.12. The van der Waals surface area contributed by atoms with Gasteiger partial charge in [0.15, 0.2) is 0 Å². The second-order valence-corrected chi connectivity index (χ2v) is 6.51. The van der Waals surface area contributed by atoms with Gasteiger partial charge < -0.3 is 0 Å². The van der Waals surface area contributed by atoms with Gasteiger partial charge in [-0.1, -0.05) is 71.4 Å². The summed E-state index contributed by atoms with van der Waals surface area (Å²) in [6.45, 7) is 7.00. The summed E-state index contributed by atoms with van der Waals surface area (Å²) in [5.74, 6) is 1.60. The highest BCUT2D eigenvalue weighted by Crippen LogP contribution is 2.23. The third-order valence-corrected chi connectivity index (χ3v) is 4.54. The van der Waals surface area contributed by atoms with E-state index in [1.54, 1.807) is 0 Å². The minimum absolute atomic E-state index is 0.684. The van der Waals surface area contributed by atoms with Crippen LogP contribution in [0.2, 0.25) is 0 Å². The monoisotopic (exact) mass is 278 g/mol. The first kappa shape index (κ1) is 16.6. The molecule has 2 atom stereocenters. The molecule has 0 bridgehead atoms. The number of rotatable bonds is 9. The Hall–Kier alpha value is -0.430.